The molecule has 7 heavy (non-hydrogen) atoms. The summed E-state index contributed by atoms with van der Waals surface area (Å²) in [6, 6.07) is 0. The molecule has 0 radical (unpaired) electrons. The van der Waals surface area contributed by atoms with Crippen LogP contribution in [0.2, 0.25) is 0 Å². The Kier molecular flexibility index (Phi) is 1140. The fourth-order valence-electron chi connectivity index (χ4n) is 0. The van der Waals surface area contributed by atoms with Gasteiger partial charge in [-0.1, -0.05) is 0 Å². The number of halogens is 2. The van der Waals surface area contributed by atoms with Crippen LogP contribution in [0, 0.1) is 0 Å². The first-order chi connectivity index (χ1) is 0. The minimum Gasteiger partial charge on any atom is -1.00 e. The first kappa shape index (κ1) is 107. The molecule has 0 fully saturated rings. The van der Waals surface area contributed by atoms with Crippen LogP contribution in [0.3, 0.4) is 0 Å². The van der Waals surface area contributed by atoms with E-state index >= 15 is 0 Å². The van der Waals surface area contributed by atoms with E-state index in [4.69, 9.17) is 0 Å². The Bertz CT molecular complexity index is 9.65. The standard InChI is InChI=1S/Ca.2HI.4H2O/h;2*1H;4*1H2/q+2;;;;;;/p-2. The number of rotatable bonds is 0. The molecule has 0 aromatic heterocycles. The smallest absolute Gasteiger partial charge is 1.00 e. The summed E-state index contributed by atoms with van der Waals surface area (Å²) in [6.45, 7) is 0. The van der Waals surface area contributed by atoms with Gasteiger partial charge < -0.3 is 69.9 Å². The van der Waals surface area contributed by atoms with Gasteiger partial charge in [-0.25, -0.2) is 0 Å². The van der Waals surface area contributed by atoms with Crippen LogP contribution in [0.4, 0.5) is 0 Å². The topological polar surface area (TPSA) is 126 Å². The largest absolute Gasteiger partial charge is 2.00 e. The SMILES string of the molecule is O.O.O.O.[Ca+2].[I-].[I-]. The van der Waals surface area contributed by atoms with Gasteiger partial charge in [0.25, 0.3) is 0 Å². The second-order valence-electron chi connectivity index (χ2n) is 0. The van der Waals surface area contributed by atoms with Crippen LogP contribution in [-0.2, 0) is 0 Å². The summed E-state index contributed by atoms with van der Waals surface area (Å²) in [5, 5.41) is 0. The molecule has 0 heterocycles. The Morgan fingerprint density at radius 2 is 0.429 bits per heavy atom. The van der Waals surface area contributed by atoms with Crippen LogP contribution in [0.1, 0.15) is 0 Å². The summed E-state index contributed by atoms with van der Waals surface area (Å²) in [4.78, 5) is 0. The molecule has 48 valence electrons. The maximum Gasteiger partial charge on any atom is 2.00 e. The van der Waals surface area contributed by atoms with E-state index in [1.165, 1.54) is 0 Å². The van der Waals surface area contributed by atoms with E-state index in [0.717, 1.165) is 0 Å². The van der Waals surface area contributed by atoms with Crippen molar-refractivity contribution in [3.8, 4) is 0 Å². The molecule has 0 unspecified atom stereocenters. The van der Waals surface area contributed by atoms with Crippen LogP contribution in [0.25, 0.3) is 0 Å². The van der Waals surface area contributed by atoms with Crippen molar-refractivity contribution in [2.75, 3.05) is 0 Å². The van der Waals surface area contributed by atoms with Crippen molar-refractivity contribution in [2.24, 2.45) is 0 Å². The third-order valence-electron chi connectivity index (χ3n) is 0. The quantitative estimate of drug-likeness (QED) is 0.298. The molecule has 0 aliphatic rings. The Hall–Kier alpha value is 2.56. The molecule has 0 bridgehead atoms. The average Bonchev–Trinajstić information content (AvgIpc) is 0. The van der Waals surface area contributed by atoms with E-state index in [9.17, 15) is 0 Å². The zero-order chi connectivity index (χ0) is 0. The van der Waals surface area contributed by atoms with Crippen LogP contribution in [-0.4, -0.2) is 59.6 Å². The van der Waals surface area contributed by atoms with Crippen molar-refractivity contribution in [3.05, 3.63) is 0 Å². The molecular formula is H8CaI2O4. The van der Waals surface area contributed by atoms with E-state index in [-0.39, 0.29) is 108 Å². The first-order valence-corrected chi connectivity index (χ1v) is 0. The molecule has 0 aromatic rings. The molecule has 0 aromatic carbocycles. The van der Waals surface area contributed by atoms with E-state index in [2.05, 4.69) is 0 Å². The van der Waals surface area contributed by atoms with Crippen LogP contribution in [0.15, 0.2) is 0 Å². The Morgan fingerprint density at radius 1 is 0.429 bits per heavy atom. The van der Waals surface area contributed by atoms with E-state index in [1.807, 2.05) is 0 Å². The first-order valence-electron chi connectivity index (χ1n) is 0. The molecule has 0 atom stereocenters. The minimum absolute atomic E-state index is 0. The molecule has 0 saturated carbocycles. The van der Waals surface area contributed by atoms with Gasteiger partial charge in [0.05, 0.1) is 0 Å². The van der Waals surface area contributed by atoms with Crippen LogP contribution < -0.4 is 48.0 Å². The summed E-state index contributed by atoms with van der Waals surface area (Å²) >= 11 is 0. The molecule has 4 nitrogen and oxygen atoms in total. The predicted octanol–water partition coefficient (Wildman–Crippen LogP) is -9.67. The summed E-state index contributed by atoms with van der Waals surface area (Å²) in [6.07, 6.45) is 0. The van der Waals surface area contributed by atoms with Gasteiger partial charge >= 0.3 is 37.7 Å². The zero-order valence-electron chi connectivity index (χ0n) is 3.46. The van der Waals surface area contributed by atoms with E-state index in [0.29, 0.717) is 0 Å². The molecule has 0 aliphatic heterocycles. The third kappa shape index (κ3) is 56.2. The fraction of sp³-hybridized carbons (Fsp3) is 0. The van der Waals surface area contributed by atoms with Crippen molar-refractivity contribution in [2.45, 2.75) is 0 Å². The van der Waals surface area contributed by atoms with Gasteiger partial charge in [-0.15, -0.1) is 0 Å². The molecule has 0 spiro atoms. The van der Waals surface area contributed by atoms with E-state index in [1.54, 1.807) is 0 Å². The van der Waals surface area contributed by atoms with Crippen molar-refractivity contribution in [1.29, 1.82) is 0 Å². The number of hydrogen-bond donors (Lipinski definition) is 0. The van der Waals surface area contributed by atoms with Gasteiger partial charge in [-0.05, 0) is 0 Å². The molecule has 7 heteroatoms. The molecule has 8 N–H and O–H groups in total. The van der Waals surface area contributed by atoms with Crippen molar-refractivity contribution in [1.82, 2.24) is 0 Å². The summed E-state index contributed by atoms with van der Waals surface area (Å²) < 4.78 is 0. The summed E-state index contributed by atoms with van der Waals surface area (Å²) in [7, 11) is 0. The maximum atomic E-state index is 0. The fourth-order valence-corrected chi connectivity index (χ4v) is 0. The summed E-state index contributed by atoms with van der Waals surface area (Å²) in [5.74, 6) is 0. The molecular weight excluding hydrogens is 358 g/mol. The molecule has 0 amide bonds. The van der Waals surface area contributed by atoms with Crippen LogP contribution >= 0.6 is 0 Å². The third-order valence-corrected chi connectivity index (χ3v) is 0. The van der Waals surface area contributed by atoms with Crippen LogP contribution in [0.5, 0.6) is 0 Å². The molecule has 0 rings (SSSR count). The van der Waals surface area contributed by atoms with Gasteiger partial charge in [0.2, 0.25) is 0 Å². The molecule has 0 aliphatic carbocycles. The summed E-state index contributed by atoms with van der Waals surface area (Å²) in [5.41, 5.74) is 0. The number of hydrogen-bond acceptors (Lipinski definition) is 0. The second kappa shape index (κ2) is 74.7. The maximum absolute atomic E-state index is 0. The predicted molar refractivity (Wildman–Crippen MR) is 20.2 cm³/mol. The van der Waals surface area contributed by atoms with Gasteiger partial charge in [0.1, 0.15) is 0 Å². The minimum atomic E-state index is 0. The second-order valence-corrected chi connectivity index (χ2v) is 0. The molecule has 0 saturated heterocycles. The van der Waals surface area contributed by atoms with Crippen molar-refractivity contribution in [3.63, 3.8) is 0 Å². The van der Waals surface area contributed by atoms with Crippen molar-refractivity contribution < 1.29 is 69.9 Å². The van der Waals surface area contributed by atoms with Crippen molar-refractivity contribution >= 4 is 37.7 Å². The van der Waals surface area contributed by atoms with Gasteiger partial charge in [-0.3, -0.25) is 0 Å². The normalized spacial score (nSPS) is 0. The monoisotopic (exact) mass is 366 g/mol. The van der Waals surface area contributed by atoms with Gasteiger partial charge in [0, 0.05) is 0 Å². The van der Waals surface area contributed by atoms with Gasteiger partial charge in [0.15, 0.2) is 0 Å². The Balaban J connectivity index is 0. The Morgan fingerprint density at radius 3 is 0.429 bits per heavy atom. The van der Waals surface area contributed by atoms with Gasteiger partial charge in [-0.2, -0.15) is 0 Å². The Labute approximate surface area is 106 Å². The average molecular weight is 366 g/mol. The van der Waals surface area contributed by atoms with E-state index < -0.39 is 0 Å². The zero-order valence-corrected chi connectivity index (χ0v) is 9.99.